The number of benzene rings is 2. The van der Waals surface area contributed by atoms with Crippen LogP contribution in [0.15, 0.2) is 24.3 Å². The minimum atomic E-state index is 0.414. The number of hydrogen-bond acceptors (Lipinski definition) is 2. The van der Waals surface area contributed by atoms with Gasteiger partial charge in [-0.3, -0.25) is 0 Å². The van der Waals surface area contributed by atoms with Crippen LogP contribution in [0.25, 0.3) is 11.1 Å². The number of hydrogen-bond donors (Lipinski definition) is 0. The molecule has 0 atom stereocenters. The summed E-state index contributed by atoms with van der Waals surface area (Å²) in [6, 6.07) is 6.55. The normalized spacial score (nSPS) is 10.5. The second-order valence-corrected chi connectivity index (χ2v) is 5.62. The van der Waals surface area contributed by atoms with Crippen molar-refractivity contribution in [3.63, 3.8) is 0 Å². The molecule has 0 spiro atoms. The number of methoxy groups -OCH3 is 2. The van der Waals surface area contributed by atoms with Gasteiger partial charge in [0.2, 0.25) is 0 Å². The Morgan fingerprint density at radius 3 is 1.30 bits per heavy atom. The van der Waals surface area contributed by atoms with Crippen LogP contribution >= 0.6 is 46.4 Å². The fraction of sp³-hybridized carbons (Fsp3) is 0.143. The maximum atomic E-state index is 6.28. The third-order valence-corrected chi connectivity index (χ3v) is 3.76. The van der Waals surface area contributed by atoms with Crippen molar-refractivity contribution in [2.75, 3.05) is 14.2 Å². The lowest BCUT2D eigenvalue weighted by Gasteiger charge is -2.16. The van der Waals surface area contributed by atoms with E-state index in [0.717, 1.165) is 0 Å². The van der Waals surface area contributed by atoms with Crippen LogP contribution in [0.2, 0.25) is 20.1 Å². The summed E-state index contributed by atoms with van der Waals surface area (Å²) in [7, 11) is 3.06. The SMILES string of the molecule is COc1cc(Cl)cc(Cl)c1-c1c(Cl)cc(Cl)cc1OC. The lowest BCUT2D eigenvalue weighted by Crippen LogP contribution is -1.94. The van der Waals surface area contributed by atoms with Gasteiger partial charge in [-0.05, 0) is 24.3 Å². The van der Waals surface area contributed by atoms with Gasteiger partial charge in [-0.15, -0.1) is 0 Å². The van der Waals surface area contributed by atoms with E-state index in [-0.39, 0.29) is 0 Å². The highest BCUT2D eigenvalue weighted by Gasteiger charge is 2.20. The van der Waals surface area contributed by atoms with Crippen LogP contribution in [0.5, 0.6) is 11.5 Å². The lowest BCUT2D eigenvalue weighted by atomic mass is 10.0. The van der Waals surface area contributed by atoms with Gasteiger partial charge in [0.25, 0.3) is 0 Å². The molecule has 0 saturated heterocycles. The maximum absolute atomic E-state index is 6.28. The monoisotopic (exact) mass is 350 g/mol. The van der Waals surface area contributed by atoms with E-state index in [2.05, 4.69) is 0 Å². The molecule has 0 unspecified atom stereocenters. The van der Waals surface area contributed by atoms with Crippen LogP contribution in [-0.2, 0) is 0 Å². The molecule has 20 heavy (non-hydrogen) atoms. The zero-order valence-corrected chi connectivity index (χ0v) is 13.7. The molecule has 0 aromatic heterocycles. The first-order chi connectivity index (χ1) is 9.47. The van der Waals surface area contributed by atoms with E-state index in [4.69, 9.17) is 55.9 Å². The van der Waals surface area contributed by atoms with Crippen LogP contribution in [-0.4, -0.2) is 14.2 Å². The number of halogens is 4. The summed E-state index contributed by atoms with van der Waals surface area (Å²) >= 11 is 24.5. The average Bonchev–Trinajstić information content (AvgIpc) is 2.38. The van der Waals surface area contributed by atoms with Crippen molar-refractivity contribution in [2.24, 2.45) is 0 Å². The summed E-state index contributed by atoms with van der Waals surface area (Å²) in [6.07, 6.45) is 0. The van der Waals surface area contributed by atoms with E-state index in [1.165, 1.54) is 14.2 Å². The molecule has 0 fully saturated rings. The molecule has 0 N–H and O–H groups in total. The van der Waals surface area contributed by atoms with E-state index in [0.29, 0.717) is 42.7 Å². The van der Waals surface area contributed by atoms with Crippen molar-refractivity contribution >= 4 is 46.4 Å². The van der Waals surface area contributed by atoms with Crippen molar-refractivity contribution < 1.29 is 9.47 Å². The molecule has 0 amide bonds. The summed E-state index contributed by atoms with van der Waals surface area (Å²) in [6.45, 7) is 0. The van der Waals surface area contributed by atoms with E-state index in [1.54, 1.807) is 24.3 Å². The predicted molar refractivity (Wildman–Crippen MR) is 85.0 cm³/mol. The smallest absolute Gasteiger partial charge is 0.129 e. The van der Waals surface area contributed by atoms with Crippen molar-refractivity contribution in [2.45, 2.75) is 0 Å². The molecular weight excluding hydrogens is 342 g/mol. The molecule has 2 aromatic rings. The van der Waals surface area contributed by atoms with Crippen LogP contribution in [0.4, 0.5) is 0 Å². The Bertz CT molecular complexity index is 599. The largest absolute Gasteiger partial charge is 0.496 e. The molecule has 2 nitrogen and oxygen atoms in total. The highest BCUT2D eigenvalue weighted by molar-refractivity contribution is 6.40. The third kappa shape index (κ3) is 2.94. The zero-order valence-electron chi connectivity index (χ0n) is 10.6. The zero-order chi connectivity index (χ0) is 14.9. The van der Waals surface area contributed by atoms with E-state index >= 15 is 0 Å². The van der Waals surface area contributed by atoms with Gasteiger partial charge in [0.15, 0.2) is 0 Å². The first-order valence-electron chi connectivity index (χ1n) is 5.54. The van der Waals surface area contributed by atoms with Gasteiger partial charge < -0.3 is 9.47 Å². The minimum absolute atomic E-state index is 0.414. The predicted octanol–water partition coefficient (Wildman–Crippen LogP) is 5.98. The fourth-order valence-electron chi connectivity index (χ4n) is 1.91. The molecule has 106 valence electrons. The molecule has 0 radical (unpaired) electrons. The quantitative estimate of drug-likeness (QED) is 0.676. The number of rotatable bonds is 3. The Morgan fingerprint density at radius 1 is 0.650 bits per heavy atom. The summed E-state index contributed by atoms with van der Waals surface area (Å²) in [5.74, 6) is 1.01. The van der Waals surface area contributed by atoms with Crippen LogP contribution in [0.1, 0.15) is 0 Å². The highest BCUT2D eigenvalue weighted by Crippen LogP contribution is 2.47. The molecule has 0 aliphatic heterocycles. The van der Waals surface area contributed by atoms with Gasteiger partial charge in [0, 0.05) is 21.2 Å². The van der Waals surface area contributed by atoms with Gasteiger partial charge in [0.1, 0.15) is 11.5 Å². The third-order valence-electron chi connectivity index (χ3n) is 2.73. The topological polar surface area (TPSA) is 18.5 Å². The molecule has 0 bridgehead atoms. The minimum Gasteiger partial charge on any atom is -0.496 e. The molecular formula is C14H10Cl4O2. The molecule has 2 aromatic carbocycles. The van der Waals surface area contributed by atoms with Gasteiger partial charge >= 0.3 is 0 Å². The maximum Gasteiger partial charge on any atom is 0.129 e. The van der Waals surface area contributed by atoms with Crippen LogP contribution in [0, 0.1) is 0 Å². The van der Waals surface area contributed by atoms with Crippen molar-refractivity contribution in [1.29, 1.82) is 0 Å². The van der Waals surface area contributed by atoms with Gasteiger partial charge in [0.05, 0.1) is 24.3 Å². The average molecular weight is 352 g/mol. The Kier molecular flexibility index (Phi) is 4.92. The summed E-state index contributed by atoms with van der Waals surface area (Å²) in [5.41, 5.74) is 1.22. The van der Waals surface area contributed by atoms with Gasteiger partial charge in [-0.25, -0.2) is 0 Å². The molecule has 0 heterocycles. The Labute approximate surface area is 137 Å². The Balaban J connectivity index is 2.81. The lowest BCUT2D eigenvalue weighted by molar-refractivity contribution is 0.410. The van der Waals surface area contributed by atoms with E-state index < -0.39 is 0 Å². The molecule has 6 heteroatoms. The Morgan fingerprint density at radius 2 is 1.00 bits per heavy atom. The number of ether oxygens (including phenoxy) is 2. The van der Waals surface area contributed by atoms with Gasteiger partial charge in [-0.2, -0.15) is 0 Å². The highest BCUT2D eigenvalue weighted by atomic mass is 35.5. The van der Waals surface area contributed by atoms with E-state index in [1.807, 2.05) is 0 Å². The molecule has 2 rings (SSSR count). The summed E-state index contributed by atoms with van der Waals surface area (Å²) < 4.78 is 10.7. The first-order valence-corrected chi connectivity index (χ1v) is 7.05. The van der Waals surface area contributed by atoms with Crippen molar-refractivity contribution in [3.8, 4) is 22.6 Å². The van der Waals surface area contributed by atoms with E-state index in [9.17, 15) is 0 Å². The molecule has 0 aliphatic carbocycles. The second-order valence-electron chi connectivity index (χ2n) is 3.93. The standard InChI is InChI=1S/C14H10Cl4O2/c1-19-11-5-7(15)3-9(17)13(11)14-10(18)4-8(16)6-12(14)20-2/h3-6H,1-2H3. The summed E-state index contributed by atoms with van der Waals surface area (Å²) in [4.78, 5) is 0. The fourth-order valence-corrected chi connectivity index (χ4v) is 3.05. The Hall–Kier alpha value is -0.800. The molecule has 0 aliphatic rings. The van der Waals surface area contributed by atoms with Crippen LogP contribution in [0.3, 0.4) is 0 Å². The summed E-state index contributed by atoms with van der Waals surface area (Å²) in [5, 5.41) is 1.77. The first kappa shape index (κ1) is 15.6. The van der Waals surface area contributed by atoms with Crippen LogP contribution < -0.4 is 9.47 Å². The van der Waals surface area contributed by atoms with Gasteiger partial charge in [-0.1, -0.05) is 46.4 Å². The second kappa shape index (κ2) is 6.31. The van der Waals surface area contributed by atoms with Crippen molar-refractivity contribution in [1.82, 2.24) is 0 Å². The van der Waals surface area contributed by atoms with Crippen molar-refractivity contribution in [3.05, 3.63) is 44.4 Å². The molecule has 0 saturated carbocycles.